The van der Waals surface area contributed by atoms with Crippen LogP contribution in [0.1, 0.15) is 29.2 Å². The number of rotatable bonds is 6. The number of carbonyl (C=O) groups excluding carboxylic acids is 1. The molecule has 0 bridgehead atoms. The van der Waals surface area contributed by atoms with Gasteiger partial charge in [0.1, 0.15) is 6.04 Å². The van der Waals surface area contributed by atoms with Crippen LogP contribution in [0.15, 0.2) is 47.6 Å². The fourth-order valence-electron chi connectivity index (χ4n) is 2.76. The van der Waals surface area contributed by atoms with Gasteiger partial charge in [-0.25, -0.2) is 13.8 Å². The molecule has 0 saturated carbocycles. The first kappa shape index (κ1) is 20.6. The number of hydrazone groups is 1. The van der Waals surface area contributed by atoms with E-state index in [2.05, 4.69) is 10.5 Å². The van der Waals surface area contributed by atoms with Crippen molar-refractivity contribution in [3.63, 3.8) is 0 Å². The fourth-order valence-corrected chi connectivity index (χ4v) is 3.93. The fraction of sp³-hybridized carbons (Fsp3) is 0.300. The van der Waals surface area contributed by atoms with Crippen molar-refractivity contribution < 1.29 is 13.2 Å². The summed E-state index contributed by atoms with van der Waals surface area (Å²) in [7, 11) is -3.64. The predicted octanol–water partition coefficient (Wildman–Crippen LogP) is 2.92. The summed E-state index contributed by atoms with van der Waals surface area (Å²) in [4.78, 5) is 12.5. The zero-order valence-electron chi connectivity index (χ0n) is 16.2. The van der Waals surface area contributed by atoms with Gasteiger partial charge in [-0.1, -0.05) is 30.3 Å². The van der Waals surface area contributed by atoms with Gasteiger partial charge in [-0.05, 0) is 62.1 Å². The SMILES string of the molecule is Cc1ccc(C=NNC(=O)[C@@H](C)N(c2ccccc2)S(C)(=O)=O)c(C)c1C. The van der Waals surface area contributed by atoms with Gasteiger partial charge in [0.2, 0.25) is 10.0 Å². The van der Waals surface area contributed by atoms with Crippen LogP contribution in [0.3, 0.4) is 0 Å². The second kappa shape index (κ2) is 8.35. The summed E-state index contributed by atoms with van der Waals surface area (Å²) in [5.41, 5.74) is 7.21. The van der Waals surface area contributed by atoms with Crippen molar-refractivity contribution in [3.8, 4) is 0 Å². The Morgan fingerprint density at radius 3 is 2.30 bits per heavy atom. The number of carbonyl (C=O) groups is 1. The molecule has 144 valence electrons. The molecule has 6 nitrogen and oxygen atoms in total. The maximum absolute atomic E-state index is 12.5. The third-order valence-electron chi connectivity index (χ3n) is 4.58. The van der Waals surface area contributed by atoms with E-state index in [1.54, 1.807) is 36.5 Å². The van der Waals surface area contributed by atoms with E-state index in [4.69, 9.17) is 0 Å². The Hall–Kier alpha value is -2.67. The van der Waals surface area contributed by atoms with E-state index < -0.39 is 22.0 Å². The van der Waals surface area contributed by atoms with E-state index in [0.29, 0.717) is 5.69 Å². The van der Waals surface area contributed by atoms with Crippen LogP contribution in [-0.4, -0.2) is 32.8 Å². The minimum Gasteiger partial charge on any atom is -0.271 e. The molecule has 0 heterocycles. The quantitative estimate of drug-likeness (QED) is 0.611. The van der Waals surface area contributed by atoms with Gasteiger partial charge in [-0.2, -0.15) is 5.10 Å². The van der Waals surface area contributed by atoms with Crippen LogP contribution in [0, 0.1) is 20.8 Å². The first-order valence-corrected chi connectivity index (χ1v) is 10.4. The maximum atomic E-state index is 12.5. The van der Waals surface area contributed by atoms with Crippen molar-refractivity contribution in [2.24, 2.45) is 5.10 Å². The Kier molecular flexibility index (Phi) is 6.38. The van der Waals surface area contributed by atoms with Gasteiger partial charge >= 0.3 is 0 Å². The normalized spacial score (nSPS) is 12.8. The van der Waals surface area contributed by atoms with E-state index in [1.807, 2.05) is 32.9 Å². The maximum Gasteiger partial charge on any atom is 0.263 e. The van der Waals surface area contributed by atoms with Gasteiger partial charge in [0.25, 0.3) is 5.91 Å². The minimum atomic E-state index is -3.64. The van der Waals surface area contributed by atoms with Crippen molar-refractivity contribution in [3.05, 3.63) is 64.7 Å². The molecule has 2 aromatic carbocycles. The highest BCUT2D eigenvalue weighted by Gasteiger charge is 2.28. The average molecular weight is 388 g/mol. The number of para-hydroxylation sites is 1. The van der Waals surface area contributed by atoms with Gasteiger partial charge in [-0.3, -0.25) is 9.10 Å². The molecule has 0 saturated heterocycles. The zero-order chi connectivity index (χ0) is 20.2. The number of anilines is 1. The van der Waals surface area contributed by atoms with Crippen molar-refractivity contribution in [1.29, 1.82) is 0 Å². The number of aryl methyl sites for hydroxylation is 1. The number of nitrogens with one attached hydrogen (secondary N) is 1. The monoisotopic (exact) mass is 387 g/mol. The van der Waals surface area contributed by atoms with E-state index in [1.165, 1.54) is 18.1 Å². The summed E-state index contributed by atoms with van der Waals surface area (Å²) < 4.78 is 25.5. The largest absolute Gasteiger partial charge is 0.271 e. The Morgan fingerprint density at radius 2 is 1.70 bits per heavy atom. The van der Waals surface area contributed by atoms with Crippen LogP contribution in [0.4, 0.5) is 5.69 Å². The Balaban J connectivity index is 2.18. The number of nitrogens with zero attached hydrogens (tertiary/aromatic N) is 2. The highest BCUT2D eigenvalue weighted by molar-refractivity contribution is 7.92. The van der Waals surface area contributed by atoms with Crippen molar-refractivity contribution in [2.75, 3.05) is 10.6 Å². The smallest absolute Gasteiger partial charge is 0.263 e. The van der Waals surface area contributed by atoms with E-state index >= 15 is 0 Å². The van der Waals surface area contributed by atoms with Gasteiger partial charge in [0.15, 0.2) is 0 Å². The number of benzene rings is 2. The predicted molar refractivity (Wildman–Crippen MR) is 110 cm³/mol. The van der Waals surface area contributed by atoms with Crippen LogP contribution >= 0.6 is 0 Å². The van der Waals surface area contributed by atoms with Gasteiger partial charge in [0.05, 0.1) is 18.2 Å². The molecule has 1 amide bonds. The standard InChI is InChI=1S/C20H25N3O3S/c1-14-11-12-18(16(3)15(14)2)13-21-22-20(24)17(4)23(27(5,25)26)19-9-7-6-8-10-19/h6-13,17H,1-5H3,(H,22,24)/t17-/m1/s1. The highest BCUT2D eigenvalue weighted by Crippen LogP contribution is 2.20. The molecule has 0 aliphatic heterocycles. The molecule has 2 rings (SSSR count). The number of hydrogen-bond acceptors (Lipinski definition) is 4. The minimum absolute atomic E-state index is 0.427. The van der Waals surface area contributed by atoms with Gasteiger partial charge < -0.3 is 0 Å². The lowest BCUT2D eigenvalue weighted by atomic mass is 10.00. The molecule has 27 heavy (non-hydrogen) atoms. The van der Waals surface area contributed by atoms with Crippen molar-refractivity contribution in [1.82, 2.24) is 5.43 Å². The molecule has 0 aliphatic carbocycles. The molecule has 0 radical (unpaired) electrons. The first-order chi connectivity index (χ1) is 12.6. The topological polar surface area (TPSA) is 78.8 Å². The Morgan fingerprint density at radius 1 is 1.07 bits per heavy atom. The van der Waals surface area contributed by atoms with Gasteiger partial charge in [0, 0.05) is 0 Å². The highest BCUT2D eigenvalue weighted by atomic mass is 32.2. The number of hydrogen-bond donors (Lipinski definition) is 1. The van der Waals surface area contributed by atoms with E-state index in [9.17, 15) is 13.2 Å². The molecule has 7 heteroatoms. The third kappa shape index (κ3) is 4.95. The zero-order valence-corrected chi connectivity index (χ0v) is 17.0. The molecule has 0 fully saturated rings. The summed E-state index contributed by atoms with van der Waals surface area (Å²) >= 11 is 0. The number of amides is 1. The Labute approximate surface area is 161 Å². The van der Waals surface area contributed by atoms with Crippen LogP contribution in [0.5, 0.6) is 0 Å². The molecule has 2 aromatic rings. The first-order valence-electron chi connectivity index (χ1n) is 8.57. The van der Waals surface area contributed by atoms with Crippen LogP contribution in [0.25, 0.3) is 0 Å². The summed E-state index contributed by atoms with van der Waals surface area (Å²) in [5, 5.41) is 4.01. The summed E-state index contributed by atoms with van der Waals surface area (Å²) in [6.07, 6.45) is 2.64. The second-order valence-electron chi connectivity index (χ2n) is 6.53. The molecule has 0 aromatic heterocycles. The summed E-state index contributed by atoms with van der Waals surface area (Å²) in [6.45, 7) is 7.59. The number of sulfonamides is 1. The molecular weight excluding hydrogens is 362 g/mol. The molecule has 0 spiro atoms. The van der Waals surface area contributed by atoms with Crippen LogP contribution < -0.4 is 9.73 Å². The van der Waals surface area contributed by atoms with Crippen molar-refractivity contribution >= 4 is 27.8 Å². The third-order valence-corrected chi connectivity index (χ3v) is 5.82. The molecular formula is C20H25N3O3S. The second-order valence-corrected chi connectivity index (χ2v) is 8.39. The lowest BCUT2D eigenvalue weighted by molar-refractivity contribution is -0.121. The van der Waals surface area contributed by atoms with E-state index in [0.717, 1.165) is 21.7 Å². The Bertz CT molecular complexity index is 954. The molecule has 0 aliphatic rings. The summed E-state index contributed by atoms with van der Waals surface area (Å²) in [6, 6.07) is 11.5. The molecule has 1 N–H and O–H groups in total. The van der Waals surface area contributed by atoms with Gasteiger partial charge in [-0.15, -0.1) is 0 Å². The van der Waals surface area contributed by atoms with Crippen molar-refractivity contribution in [2.45, 2.75) is 33.7 Å². The van der Waals surface area contributed by atoms with Crippen LogP contribution in [0.2, 0.25) is 0 Å². The lowest BCUT2D eigenvalue weighted by Gasteiger charge is -2.27. The lowest BCUT2D eigenvalue weighted by Crippen LogP contribution is -2.46. The molecule has 1 atom stereocenters. The summed E-state index contributed by atoms with van der Waals surface area (Å²) in [5.74, 6) is -0.512. The van der Waals surface area contributed by atoms with Crippen LogP contribution in [-0.2, 0) is 14.8 Å². The molecule has 0 unspecified atom stereocenters. The van der Waals surface area contributed by atoms with E-state index in [-0.39, 0.29) is 0 Å². The average Bonchev–Trinajstić information content (AvgIpc) is 2.61.